The zero-order valence-electron chi connectivity index (χ0n) is 13.0. The highest BCUT2D eigenvalue weighted by molar-refractivity contribution is 5.37. The standard InChI is InChI=1S/C18H27N3/c1-4-15-12-19-8-7-18(15)16(5-1)13-20-9-3-11-21-10-2-6-17(21)14-20/h1,4-5,17,19H,2-3,6-14H2. The number of benzene rings is 1. The monoisotopic (exact) mass is 285 g/mol. The fourth-order valence-electron chi connectivity index (χ4n) is 4.43. The lowest BCUT2D eigenvalue weighted by molar-refractivity contribution is 0.215. The maximum atomic E-state index is 3.49. The lowest BCUT2D eigenvalue weighted by Crippen LogP contribution is -2.36. The third-order valence-corrected chi connectivity index (χ3v) is 5.52. The Morgan fingerprint density at radius 1 is 1.14 bits per heavy atom. The molecule has 4 rings (SSSR count). The van der Waals surface area contributed by atoms with Gasteiger partial charge in [-0.2, -0.15) is 0 Å². The third-order valence-electron chi connectivity index (χ3n) is 5.52. The predicted octanol–water partition coefficient (Wildman–Crippen LogP) is 2.00. The SMILES string of the molecule is c1cc2c(c(CN3CCCN4CCCC4C3)c1)CCNC2. The van der Waals surface area contributed by atoms with Crippen molar-refractivity contribution in [3.8, 4) is 0 Å². The molecule has 1 unspecified atom stereocenters. The van der Waals surface area contributed by atoms with Gasteiger partial charge in [-0.25, -0.2) is 0 Å². The second-order valence-corrected chi connectivity index (χ2v) is 6.90. The first kappa shape index (κ1) is 13.7. The van der Waals surface area contributed by atoms with Gasteiger partial charge in [-0.1, -0.05) is 18.2 Å². The molecule has 1 N–H and O–H groups in total. The Morgan fingerprint density at radius 2 is 2.10 bits per heavy atom. The molecule has 0 saturated carbocycles. The van der Waals surface area contributed by atoms with Gasteiger partial charge in [0.25, 0.3) is 0 Å². The predicted molar refractivity (Wildman–Crippen MR) is 86.3 cm³/mol. The summed E-state index contributed by atoms with van der Waals surface area (Å²) in [6.07, 6.45) is 5.36. The van der Waals surface area contributed by atoms with Crippen LogP contribution >= 0.6 is 0 Å². The van der Waals surface area contributed by atoms with Crippen LogP contribution in [0.1, 0.15) is 36.0 Å². The number of hydrogen-bond acceptors (Lipinski definition) is 3. The summed E-state index contributed by atoms with van der Waals surface area (Å²) in [5, 5.41) is 3.49. The minimum absolute atomic E-state index is 0.828. The van der Waals surface area contributed by atoms with Crippen molar-refractivity contribution in [2.24, 2.45) is 0 Å². The van der Waals surface area contributed by atoms with E-state index in [1.165, 1.54) is 57.4 Å². The van der Waals surface area contributed by atoms with Crippen LogP contribution in [0.4, 0.5) is 0 Å². The Labute approximate surface area is 128 Å². The van der Waals surface area contributed by atoms with Crippen molar-refractivity contribution in [1.82, 2.24) is 15.1 Å². The van der Waals surface area contributed by atoms with Crippen molar-refractivity contribution in [2.75, 3.05) is 32.7 Å². The molecule has 3 heteroatoms. The first-order valence-corrected chi connectivity index (χ1v) is 8.67. The Morgan fingerprint density at radius 3 is 3.10 bits per heavy atom. The van der Waals surface area contributed by atoms with Gasteiger partial charge < -0.3 is 5.32 Å². The van der Waals surface area contributed by atoms with E-state index in [1.807, 2.05) is 0 Å². The van der Waals surface area contributed by atoms with E-state index in [9.17, 15) is 0 Å². The van der Waals surface area contributed by atoms with Gasteiger partial charge in [-0.15, -0.1) is 0 Å². The first-order chi connectivity index (χ1) is 10.4. The van der Waals surface area contributed by atoms with Crippen molar-refractivity contribution in [2.45, 2.75) is 44.8 Å². The minimum atomic E-state index is 0.828. The van der Waals surface area contributed by atoms with E-state index in [0.29, 0.717) is 0 Å². The van der Waals surface area contributed by atoms with Crippen molar-refractivity contribution in [1.29, 1.82) is 0 Å². The fourth-order valence-corrected chi connectivity index (χ4v) is 4.43. The molecule has 114 valence electrons. The van der Waals surface area contributed by atoms with Crippen molar-refractivity contribution >= 4 is 0 Å². The second kappa shape index (κ2) is 6.07. The minimum Gasteiger partial charge on any atom is -0.312 e. The van der Waals surface area contributed by atoms with Crippen molar-refractivity contribution in [3.05, 3.63) is 34.9 Å². The molecular formula is C18H27N3. The highest BCUT2D eigenvalue weighted by atomic mass is 15.3. The van der Waals surface area contributed by atoms with Crippen LogP contribution in [0.5, 0.6) is 0 Å². The molecule has 0 bridgehead atoms. The molecule has 0 amide bonds. The molecule has 0 aliphatic carbocycles. The number of hydrogen-bond donors (Lipinski definition) is 1. The van der Waals surface area contributed by atoms with Crippen LogP contribution < -0.4 is 5.32 Å². The summed E-state index contributed by atoms with van der Waals surface area (Å²) >= 11 is 0. The van der Waals surface area contributed by atoms with Crippen LogP contribution in [0, 0.1) is 0 Å². The van der Waals surface area contributed by atoms with Gasteiger partial charge in [-0.05, 0) is 68.6 Å². The lowest BCUT2D eigenvalue weighted by atomic mass is 9.95. The van der Waals surface area contributed by atoms with E-state index >= 15 is 0 Å². The number of fused-ring (bicyclic) bond motifs is 2. The smallest absolute Gasteiger partial charge is 0.0237 e. The molecular weight excluding hydrogens is 258 g/mol. The first-order valence-electron chi connectivity index (χ1n) is 8.67. The molecule has 1 aromatic carbocycles. The van der Waals surface area contributed by atoms with Crippen LogP contribution in [-0.2, 0) is 19.5 Å². The summed E-state index contributed by atoms with van der Waals surface area (Å²) in [5.74, 6) is 0. The molecule has 2 fully saturated rings. The van der Waals surface area contributed by atoms with Gasteiger partial charge in [0, 0.05) is 25.7 Å². The molecule has 3 heterocycles. The van der Waals surface area contributed by atoms with E-state index < -0.39 is 0 Å². The Hall–Kier alpha value is -0.900. The van der Waals surface area contributed by atoms with Gasteiger partial charge in [0.05, 0.1) is 0 Å². The summed E-state index contributed by atoms with van der Waals surface area (Å²) in [6.45, 7) is 8.56. The topological polar surface area (TPSA) is 18.5 Å². The quantitative estimate of drug-likeness (QED) is 0.897. The van der Waals surface area contributed by atoms with Gasteiger partial charge in [-0.3, -0.25) is 9.80 Å². The Bertz CT molecular complexity index is 499. The van der Waals surface area contributed by atoms with Gasteiger partial charge >= 0.3 is 0 Å². The van der Waals surface area contributed by atoms with E-state index in [1.54, 1.807) is 11.1 Å². The zero-order chi connectivity index (χ0) is 14.1. The van der Waals surface area contributed by atoms with Crippen LogP contribution in [-0.4, -0.2) is 48.6 Å². The maximum Gasteiger partial charge on any atom is 0.0237 e. The molecule has 1 aromatic rings. The summed E-state index contributed by atoms with van der Waals surface area (Å²) in [6, 6.07) is 7.74. The van der Waals surface area contributed by atoms with Gasteiger partial charge in [0.1, 0.15) is 0 Å². The average molecular weight is 285 g/mol. The molecule has 0 radical (unpaired) electrons. The Kier molecular flexibility index (Phi) is 3.97. The molecule has 3 aliphatic heterocycles. The number of nitrogens with zero attached hydrogens (tertiary/aromatic N) is 2. The molecule has 0 spiro atoms. The van der Waals surface area contributed by atoms with E-state index in [4.69, 9.17) is 0 Å². The highest BCUT2D eigenvalue weighted by Gasteiger charge is 2.28. The average Bonchev–Trinajstić information content (AvgIpc) is 2.86. The van der Waals surface area contributed by atoms with E-state index in [2.05, 4.69) is 33.3 Å². The summed E-state index contributed by atoms with van der Waals surface area (Å²) < 4.78 is 0. The summed E-state index contributed by atoms with van der Waals surface area (Å²) in [5.41, 5.74) is 4.74. The molecule has 2 saturated heterocycles. The third kappa shape index (κ3) is 2.87. The number of rotatable bonds is 2. The van der Waals surface area contributed by atoms with Crippen LogP contribution in [0.25, 0.3) is 0 Å². The molecule has 0 aromatic heterocycles. The summed E-state index contributed by atoms with van der Waals surface area (Å²) in [4.78, 5) is 5.44. The largest absolute Gasteiger partial charge is 0.312 e. The van der Waals surface area contributed by atoms with Gasteiger partial charge in [0.2, 0.25) is 0 Å². The van der Waals surface area contributed by atoms with Crippen LogP contribution in [0.3, 0.4) is 0 Å². The van der Waals surface area contributed by atoms with Crippen molar-refractivity contribution in [3.63, 3.8) is 0 Å². The summed E-state index contributed by atoms with van der Waals surface area (Å²) in [7, 11) is 0. The van der Waals surface area contributed by atoms with E-state index in [-0.39, 0.29) is 0 Å². The molecule has 1 atom stereocenters. The molecule has 3 nitrogen and oxygen atoms in total. The molecule has 21 heavy (non-hydrogen) atoms. The fraction of sp³-hybridized carbons (Fsp3) is 0.667. The normalized spacial score (nSPS) is 27.1. The maximum absolute atomic E-state index is 3.49. The Balaban J connectivity index is 1.50. The van der Waals surface area contributed by atoms with Crippen LogP contribution in [0.15, 0.2) is 18.2 Å². The van der Waals surface area contributed by atoms with Gasteiger partial charge in [0.15, 0.2) is 0 Å². The molecule has 3 aliphatic rings. The zero-order valence-corrected chi connectivity index (χ0v) is 13.0. The van der Waals surface area contributed by atoms with Crippen molar-refractivity contribution < 1.29 is 0 Å². The van der Waals surface area contributed by atoms with E-state index in [0.717, 1.165) is 25.7 Å². The number of nitrogens with one attached hydrogen (secondary N) is 1. The highest BCUT2D eigenvalue weighted by Crippen LogP contribution is 2.24. The lowest BCUT2D eigenvalue weighted by Gasteiger charge is -2.27. The second-order valence-electron chi connectivity index (χ2n) is 6.90. The van der Waals surface area contributed by atoms with Crippen LogP contribution in [0.2, 0.25) is 0 Å².